The second-order valence-electron chi connectivity index (χ2n) is 4.37. The van der Waals surface area contributed by atoms with Crippen molar-refractivity contribution in [1.29, 1.82) is 0 Å². The molecule has 1 aromatic carbocycles. The van der Waals surface area contributed by atoms with Crippen LogP contribution in [0.4, 0.5) is 0 Å². The zero-order valence-electron chi connectivity index (χ0n) is 9.93. The molecule has 0 bridgehead atoms. The number of Topliss-reactive ketones (excluding diaryl/α,β-unsaturated/α-hetero) is 1. The number of carbonyl (C=O) groups is 1. The fourth-order valence-electron chi connectivity index (χ4n) is 1.83. The van der Waals surface area contributed by atoms with E-state index in [0.29, 0.717) is 13.0 Å². The fourth-order valence-corrected chi connectivity index (χ4v) is 3.34. The van der Waals surface area contributed by atoms with E-state index >= 15 is 0 Å². The number of carbonyl (C=O) groups excluding carboxylic acids is 1. The Morgan fingerprint density at radius 1 is 1.18 bits per heavy atom. The van der Waals surface area contributed by atoms with Crippen molar-refractivity contribution >= 4 is 15.8 Å². The summed E-state index contributed by atoms with van der Waals surface area (Å²) >= 11 is 0. The van der Waals surface area contributed by atoms with Gasteiger partial charge in [0.15, 0.2) is 0 Å². The highest BCUT2D eigenvalue weighted by Gasteiger charge is 2.31. The van der Waals surface area contributed by atoms with Crippen molar-refractivity contribution in [3.63, 3.8) is 0 Å². The summed E-state index contributed by atoms with van der Waals surface area (Å²) in [7, 11) is -3.50. The van der Waals surface area contributed by atoms with Crippen LogP contribution in [0.15, 0.2) is 23.1 Å². The maximum absolute atomic E-state index is 12.2. The van der Waals surface area contributed by atoms with Gasteiger partial charge in [-0.3, -0.25) is 4.79 Å². The van der Waals surface area contributed by atoms with Crippen LogP contribution in [0.1, 0.15) is 17.5 Å². The standard InChI is InChI=1S/C12H15NO3S/c1-9-3-4-12(7-10(9)2)17(15,16)13-6-5-11(14)8-13/h3-4,7H,5-6,8H2,1-2H3. The Balaban J connectivity index is 2.38. The van der Waals surface area contributed by atoms with Gasteiger partial charge in [0, 0.05) is 13.0 Å². The van der Waals surface area contributed by atoms with Crippen LogP contribution in [0.25, 0.3) is 0 Å². The van der Waals surface area contributed by atoms with Gasteiger partial charge >= 0.3 is 0 Å². The highest BCUT2D eigenvalue weighted by molar-refractivity contribution is 7.89. The van der Waals surface area contributed by atoms with Gasteiger partial charge in [0.25, 0.3) is 0 Å². The number of rotatable bonds is 2. The summed E-state index contributed by atoms with van der Waals surface area (Å²) in [6.45, 7) is 4.12. The van der Waals surface area contributed by atoms with Crippen LogP contribution < -0.4 is 0 Å². The largest absolute Gasteiger partial charge is 0.298 e. The number of aryl methyl sites for hydroxylation is 2. The van der Waals surface area contributed by atoms with Crippen LogP contribution in [-0.4, -0.2) is 31.6 Å². The van der Waals surface area contributed by atoms with Crippen molar-refractivity contribution in [2.75, 3.05) is 13.1 Å². The molecule has 0 aliphatic carbocycles. The molecule has 1 aliphatic heterocycles. The van der Waals surface area contributed by atoms with Crippen LogP contribution in [0.5, 0.6) is 0 Å². The Morgan fingerprint density at radius 2 is 1.88 bits per heavy atom. The van der Waals surface area contributed by atoms with E-state index in [2.05, 4.69) is 0 Å². The molecule has 4 nitrogen and oxygen atoms in total. The zero-order valence-corrected chi connectivity index (χ0v) is 10.8. The molecule has 5 heteroatoms. The molecule has 0 amide bonds. The van der Waals surface area contributed by atoms with Gasteiger partial charge in [-0.25, -0.2) is 8.42 Å². The van der Waals surface area contributed by atoms with Crippen molar-refractivity contribution in [3.8, 4) is 0 Å². The van der Waals surface area contributed by atoms with Crippen molar-refractivity contribution in [1.82, 2.24) is 4.31 Å². The summed E-state index contributed by atoms with van der Waals surface area (Å²) in [4.78, 5) is 11.4. The second kappa shape index (κ2) is 4.23. The van der Waals surface area contributed by atoms with Gasteiger partial charge in [-0.1, -0.05) is 6.07 Å². The third-order valence-corrected chi connectivity index (χ3v) is 4.95. The molecule has 17 heavy (non-hydrogen) atoms. The molecule has 0 N–H and O–H groups in total. The molecule has 0 spiro atoms. The average molecular weight is 253 g/mol. The maximum atomic E-state index is 12.2. The molecule has 0 atom stereocenters. The summed E-state index contributed by atoms with van der Waals surface area (Å²) in [6.07, 6.45) is 0.323. The molecule has 1 aliphatic rings. The lowest BCUT2D eigenvalue weighted by Gasteiger charge is -2.15. The molecule has 1 fully saturated rings. The predicted octanol–water partition coefficient (Wildman–Crippen LogP) is 1.27. The molecular formula is C12H15NO3S. The van der Waals surface area contributed by atoms with Crippen LogP contribution in [0.3, 0.4) is 0 Å². The number of nitrogens with zero attached hydrogens (tertiary/aromatic N) is 1. The van der Waals surface area contributed by atoms with Gasteiger partial charge in [0.1, 0.15) is 5.78 Å². The van der Waals surface area contributed by atoms with Gasteiger partial charge < -0.3 is 0 Å². The first kappa shape index (κ1) is 12.3. The summed E-state index contributed by atoms with van der Waals surface area (Å²) in [5, 5.41) is 0. The van der Waals surface area contributed by atoms with Gasteiger partial charge in [-0.15, -0.1) is 0 Å². The second-order valence-corrected chi connectivity index (χ2v) is 6.31. The molecule has 92 valence electrons. The quantitative estimate of drug-likeness (QED) is 0.797. The summed E-state index contributed by atoms with van der Waals surface area (Å²) in [6, 6.07) is 5.05. The van der Waals surface area contributed by atoms with E-state index in [1.807, 2.05) is 13.8 Å². The van der Waals surface area contributed by atoms with E-state index in [-0.39, 0.29) is 17.2 Å². The molecule has 0 aromatic heterocycles. The molecule has 1 aromatic rings. The fraction of sp³-hybridized carbons (Fsp3) is 0.417. The highest BCUT2D eigenvalue weighted by Crippen LogP contribution is 2.21. The topological polar surface area (TPSA) is 54.5 Å². The molecule has 0 unspecified atom stereocenters. The first-order valence-electron chi connectivity index (χ1n) is 5.50. The highest BCUT2D eigenvalue weighted by atomic mass is 32.2. The van der Waals surface area contributed by atoms with Crippen LogP contribution in [-0.2, 0) is 14.8 Å². The third-order valence-electron chi connectivity index (χ3n) is 3.11. The van der Waals surface area contributed by atoms with Crippen molar-refractivity contribution in [2.45, 2.75) is 25.2 Å². The van der Waals surface area contributed by atoms with Crippen LogP contribution >= 0.6 is 0 Å². The molecule has 1 heterocycles. The third kappa shape index (κ3) is 2.25. The lowest BCUT2D eigenvalue weighted by molar-refractivity contribution is -0.116. The summed E-state index contributed by atoms with van der Waals surface area (Å²) < 4.78 is 25.7. The van der Waals surface area contributed by atoms with Crippen molar-refractivity contribution < 1.29 is 13.2 Å². The van der Waals surface area contributed by atoms with E-state index in [0.717, 1.165) is 11.1 Å². The minimum Gasteiger partial charge on any atom is -0.298 e. The lowest BCUT2D eigenvalue weighted by Crippen LogP contribution is -2.29. The average Bonchev–Trinajstić information content (AvgIpc) is 2.69. The monoisotopic (exact) mass is 253 g/mol. The van der Waals surface area contributed by atoms with E-state index < -0.39 is 10.0 Å². The minimum atomic E-state index is -3.50. The lowest BCUT2D eigenvalue weighted by atomic mass is 10.1. The van der Waals surface area contributed by atoms with Crippen LogP contribution in [0, 0.1) is 13.8 Å². The Bertz CT molecular complexity index is 563. The van der Waals surface area contributed by atoms with Gasteiger partial charge in [0.2, 0.25) is 10.0 Å². The van der Waals surface area contributed by atoms with E-state index in [1.54, 1.807) is 18.2 Å². The van der Waals surface area contributed by atoms with Crippen molar-refractivity contribution in [2.24, 2.45) is 0 Å². The minimum absolute atomic E-state index is 0.00918. The molecule has 0 saturated carbocycles. The molecular weight excluding hydrogens is 238 g/mol. The number of hydrogen-bond donors (Lipinski definition) is 0. The Kier molecular flexibility index (Phi) is 3.05. The van der Waals surface area contributed by atoms with Gasteiger partial charge in [-0.05, 0) is 37.1 Å². The smallest absolute Gasteiger partial charge is 0.243 e. The number of ketones is 1. The van der Waals surface area contributed by atoms with Crippen LogP contribution in [0.2, 0.25) is 0 Å². The van der Waals surface area contributed by atoms with E-state index in [4.69, 9.17) is 0 Å². The first-order chi connectivity index (χ1) is 7.91. The van der Waals surface area contributed by atoms with E-state index in [9.17, 15) is 13.2 Å². The maximum Gasteiger partial charge on any atom is 0.243 e. The Morgan fingerprint density at radius 3 is 2.41 bits per heavy atom. The van der Waals surface area contributed by atoms with Gasteiger partial charge in [-0.2, -0.15) is 4.31 Å². The molecule has 2 rings (SSSR count). The zero-order chi connectivity index (χ0) is 12.6. The van der Waals surface area contributed by atoms with E-state index in [1.165, 1.54) is 4.31 Å². The molecule has 0 radical (unpaired) electrons. The summed E-state index contributed by atoms with van der Waals surface area (Å²) in [5.74, 6) is -0.0163. The SMILES string of the molecule is Cc1ccc(S(=O)(=O)N2CCC(=O)C2)cc1C. The van der Waals surface area contributed by atoms with Gasteiger partial charge in [0.05, 0.1) is 11.4 Å². The summed E-state index contributed by atoms with van der Waals surface area (Å²) in [5.41, 5.74) is 2.00. The normalized spacial score (nSPS) is 17.6. The molecule has 1 saturated heterocycles. The predicted molar refractivity (Wildman–Crippen MR) is 64.3 cm³/mol. The Labute approximate surface area is 101 Å². The van der Waals surface area contributed by atoms with Crippen molar-refractivity contribution in [3.05, 3.63) is 29.3 Å². The number of benzene rings is 1. The first-order valence-corrected chi connectivity index (χ1v) is 6.94. The number of hydrogen-bond acceptors (Lipinski definition) is 3. The Hall–Kier alpha value is -1.20. The number of sulfonamides is 1.